The standard InChI is InChI=1S/C21H24N4OS/c1-14(2)20-22-10-16-12-25(9-8-19(16)24-20)13-18-11-23-21(27-18)15-4-6-17(26-3)7-5-15/h4-7,10-11,14H,8-9,12-13H2,1-3H3. The molecule has 0 bridgehead atoms. The van der Waals surface area contributed by atoms with Crippen molar-refractivity contribution in [2.24, 2.45) is 0 Å². The SMILES string of the molecule is COc1ccc(-c2ncc(CN3CCc4nc(C(C)C)ncc4C3)s2)cc1. The van der Waals surface area contributed by atoms with E-state index in [4.69, 9.17) is 9.72 Å². The average Bonchev–Trinajstić information content (AvgIpc) is 3.16. The second-order valence-corrected chi connectivity index (χ2v) is 8.29. The lowest BCUT2D eigenvalue weighted by molar-refractivity contribution is 0.244. The molecule has 27 heavy (non-hydrogen) atoms. The molecule has 1 aromatic carbocycles. The Kier molecular flexibility index (Phi) is 5.18. The molecule has 0 atom stereocenters. The van der Waals surface area contributed by atoms with Crippen LogP contribution in [0.2, 0.25) is 0 Å². The molecule has 0 radical (unpaired) electrons. The molecule has 0 spiro atoms. The van der Waals surface area contributed by atoms with Crippen LogP contribution in [0.3, 0.4) is 0 Å². The average molecular weight is 381 g/mol. The third-order valence-corrected chi connectivity index (χ3v) is 5.85. The smallest absolute Gasteiger partial charge is 0.131 e. The molecule has 3 heterocycles. The number of hydrogen-bond donors (Lipinski definition) is 0. The summed E-state index contributed by atoms with van der Waals surface area (Å²) in [4.78, 5) is 17.6. The molecule has 0 N–H and O–H groups in total. The van der Waals surface area contributed by atoms with E-state index in [-0.39, 0.29) is 0 Å². The lowest BCUT2D eigenvalue weighted by atomic mass is 10.1. The fourth-order valence-electron chi connectivity index (χ4n) is 3.27. The van der Waals surface area contributed by atoms with Gasteiger partial charge in [-0.15, -0.1) is 11.3 Å². The Morgan fingerprint density at radius 2 is 1.96 bits per heavy atom. The number of nitrogens with zero attached hydrogens (tertiary/aromatic N) is 4. The van der Waals surface area contributed by atoms with E-state index in [1.165, 1.54) is 16.1 Å². The molecule has 0 saturated carbocycles. The molecule has 1 aliphatic heterocycles. The summed E-state index contributed by atoms with van der Waals surface area (Å²) in [6.45, 7) is 7.13. The maximum Gasteiger partial charge on any atom is 0.131 e. The van der Waals surface area contributed by atoms with Crippen molar-refractivity contribution in [2.45, 2.75) is 39.3 Å². The molecule has 4 rings (SSSR count). The highest BCUT2D eigenvalue weighted by Crippen LogP contribution is 2.28. The van der Waals surface area contributed by atoms with Gasteiger partial charge in [-0.3, -0.25) is 4.90 Å². The fraction of sp³-hybridized carbons (Fsp3) is 0.381. The number of hydrogen-bond acceptors (Lipinski definition) is 6. The fourth-order valence-corrected chi connectivity index (χ4v) is 4.23. The van der Waals surface area contributed by atoms with Crippen molar-refractivity contribution in [3.05, 3.63) is 58.6 Å². The summed E-state index contributed by atoms with van der Waals surface area (Å²) in [6, 6.07) is 8.07. The molecular weight excluding hydrogens is 356 g/mol. The zero-order chi connectivity index (χ0) is 18.8. The predicted molar refractivity (Wildman–Crippen MR) is 108 cm³/mol. The minimum atomic E-state index is 0.377. The molecule has 0 unspecified atom stereocenters. The van der Waals surface area contributed by atoms with Gasteiger partial charge in [0.1, 0.15) is 16.6 Å². The molecule has 0 amide bonds. The second-order valence-electron chi connectivity index (χ2n) is 7.18. The maximum atomic E-state index is 5.23. The summed E-state index contributed by atoms with van der Waals surface area (Å²) in [7, 11) is 1.68. The Bertz CT molecular complexity index is 920. The third-order valence-electron chi connectivity index (χ3n) is 4.82. The summed E-state index contributed by atoms with van der Waals surface area (Å²) < 4.78 is 5.23. The van der Waals surface area contributed by atoms with Crippen LogP contribution in [0.1, 0.15) is 41.7 Å². The van der Waals surface area contributed by atoms with Crippen LogP contribution in [0.25, 0.3) is 10.6 Å². The molecule has 3 aromatic rings. The van der Waals surface area contributed by atoms with Crippen LogP contribution >= 0.6 is 11.3 Å². The van der Waals surface area contributed by atoms with E-state index in [0.717, 1.165) is 48.2 Å². The summed E-state index contributed by atoms with van der Waals surface area (Å²) in [5.41, 5.74) is 3.60. The van der Waals surface area contributed by atoms with Gasteiger partial charge in [-0.05, 0) is 24.3 Å². The third kappa shape index (κ3) is 4.01. The highest BCUT2D eigenvalue weighted by molar-refractivity contribution is 7.15. The lowest BCUT2D eigenvalue weighted by Gasteiger charge is -2.27. The minimum absolute atomic E-state index is 0.377. The van der Waals surface area contributed by atoms with Gasteiger partial charge in [0.25, 0.3) is 0 Å². The molecule has 1 aliphatic rings. The van der Waals surface area contributed by atoms with Crippen molar-refractivity contribution in [1.29, 1.82) is 0 Å². The zero-order valence-corrected chi connectivity index (χ0v) is 16.8. The van der Waals surface area contributed by atoms with E-state index in [2.05, 4.69) is 40.8 Å². The van der Waals surface area contributed by atoms with Gasteiger partial charge >= 0.3 is 0 Å². The number of benzene rings is 1. The van der Waals surface area contributed by atoms with Gasteiger partial charge in [0.15, 0.2) is 0 Å². The highest BCUT2D eigenvalue weighted by atomic mass is 32.1. The molecule has 6 heteroatoms. The van der Waals surface area contributed by atoms with Gasteiger partial charge in [0.05, 0.1) is 7.11 Å². The quantitative estimate of drug-likeness (QED) is 0.661. The molecular formula is C21H24N4OS. The Balaban J connectivity index is 1.43. The van der Waals surface area contributed by atoms with Crippen molar-refractivity contribution >= 4 is 11.3 Å². The minimum Gasteiger partial charge on any atom is -0.497 e. The maximum absolute atomic E-state index is 5.23. The van der Waals surface area contributed by atoms with Gasteiger partial charge in [0.2, 0.25) is 0 Å². The largest absolute Gasteiger partial charge is 0.497 e. The van der Waals surface area contributed by atoms with Crippen LogP contribution in [0, 0.1) is 0 Å². The molecule has 0 aliphatic carbocycles. The van der Waals surface area contributed by atoms with Crippen molar-refractivity contribution in [3.63, 3.8) is 0 Å². The Morgan fingerprint density at radius 1 is 1.15 bits per heavy atom. The van der Waals surface area contributed by atoms with Gasteiger partial charge in [-0.2, -0.15) is 0 Å². The van der Waals surface area contributed by atoms with Crippen molar-refractivity contribution in [1.82, 2.24) is 19.9 Å². The van der Waals surface area contributed by atoms with Gasteiger partial charge < -0.3 is 4.74 Å². The van der Waals surface area contributed by atoms with E-state index in [0.29, 0.717) is 5.92 Å². The Hall–Kier alpha value is -2.31. The lowest BCUT2D eigenvalue weighted by Crippen LogP contribution is -2.30. The van der Waals surface area contributed by atoms with Gasteiger partial charge in [-0.25, -0.2) is 15.0 Å². The molecule has 0 saturated heterocycles. The molecule has 140 valence electrons. The predicted octanol–water partition coefficient (Wildman–Crippen LogP) is 4.29. The number of thiazole rings is 1. The van der Waals surface area contributed by atoms with E-state index >= 15 is 0 Å². The topological polar surface area (TPSA) is 51.1 Å². The van der Waals surface area contributed by atoms with Crippen LogP contribution in [0.5, 0.6) is 5.75 Å². The van der Waals surface area contributed by atoms with E-state index in [9.17, 15) is 0 Å². The van der Waals surface area contributed by atoms with Crippen molar-refractivity contribution < 1.29 is 4.74 Å². The first kappa shape index (κ1) is 18.1. The van der Waals surface area contributed by atoms with Crippen LogP contribution in [0.4, 0.5) is 0 Å². The first-order valence-electron chi connectivity index (χ1n) is 9.28. The summed E-state index contributed by atoms with van der Waals surface area (Å²) in [5, 5.41) is 1.05. The Labute approximate surface area is 164 Å². The van der Waals surface area contributed by atoms with Crippen LogP contribution in [0.15, 0.2) is 36.7 Å². The molecule has 0 fully saturated rings. The zero-order valence-electron chi connectivity index (χ0n) is 16.0. The summed E-state index contributed by atoms with van der Waals surface area (Å²) >= 11 is 1.76. The first-order valence-corrected chi connectivity index (χ1v) is 10.1. The Morgan fingerprint density at radius 3 is 2.70 bits per heavy atom. The van der Waals surface area contributed by atoms with Crippen LogP contribution in [-0.2, 0) is 19.5 Å². The number of ether oxygens (including phenoxy) is 1. The van der Waals surface area contributed by atoms with Crippen LogP contribution in [-0.4, -0.2) is 33.5 Å². The number of aromatic nitrogens is 3. The van der Waals surface area contributed by atoms with Gasteiger partial charge in [0, 0.05) is 66.1 Å². The van der Waals surface area contributed by atoms with Crippen LogP contribution < -0.4 is 4.74 Å². The summed E-state index contributed by atoms with van der Waals surface area (Å²) in [6.07, 6.45) is 5.00. The number of fused-ring (bicyclic) bond motifs is 1. The highest BCUT2D eigenvalue weighted by Gasteiger charge is 2.20. The second kappa shape index (κ2) is 7.74. The monoisotopic (exact) mass is 380 g/mol. The van der Waals surface area contributed by atoms with E-state index in [1.54, 1.807) is 18.4 Å². The first-order chi connectivity index (χ1) is 13.1. The molecule has 2 aromatic heterocycles. The number of methoxy groups -OCH3 is 1. The van der Waals surface area contributed by atoms with Gasteiger partial charge in [-0.1, -0.05) is 13.8 Å². The number of rotatable bonds is 5. The van der Waals surface area contributed by atoms with E-state index < -0.39 is 0 Å². The molecule has 5 nitrogen and oxygen atoms in total. The van der Waals surface area contributed by atoms with Crippen molar-refractivity contribution in [3.8, 4) is 16.3 Å². The normalized spacial score (nSPS) is 14.4. The van der Waals surface area contributed by atoms with Crippen molar-refractivity contribution in [2.75, 3.05) is 13.7 Å². The van der Waals surface area contributed by atoms with E-state index in [1.807, 2.05) is 24.5 Å². The summed E-state index contributed by atoms with van der Waals surface area (Å²) in [5.74, 6) is 2.20.